The van der Waals surface area contributed by atoms with Crippen LogP contribution in [-0.4, -0.2) is 39.1 Å². The Kier molecular flexibility index (Phi) is 20.3. The van der Waals surface area contributed by atoms with E-state index in [4.69, 9.17) is 35.4 Å². The van der Waals surface area contributed by atoms with E-state index in [2.05, 4.69) is 19.2 Å². The monoisotopic (exact) mass is 301 g/mol. The molecule has 0 aromatic rings. The van der Waals surface area contributed by atoms with Gasteiger partial charge in [-0.05, 0) is 0 Å². The Labute approximate surface area is 181 Å². The minimum absolute atomic E-state index is 0. The van der Waals surface area contributed by atoms with Crippen molar-refractivity contribution >= 4 is 13.9 Å². The minimum Gasteiger partial charge on any atom is -0.531 e. The van der Waals surface area contributed by atoms with Gasteiger partial charge in [0, 0.05) is 0 Å². The van der Waals surface area contributed by atoms with Gasteiger partial charge in [0.15, 0.2) is 0 Å². The Morgan fingerprint density at radius 1 is 0.824 bits per heavy atom. The van der Waals surface area contributed by atoms with Crippen molar-refractivity contribution < 1.29 is 155 Å². The van der Waals surface area contributed by atoms with E-state index in [-0.39, 0.29) is 110 Å². The maximum absolute atomic E-state index is 8.32. The Balaban J connectivity index is -0.000000108. The third-order valence-corrected chi connectivity index (χ3v) is 0.613. The average Bonchev–Trinajstić information content (AvgIpc) is 1.96. The zero-order valence-corrected chi connectivity index (χ0v) is 16.4. The summed E-state index contributed by atoms with van der Waals surface area (Å²) in [6.07, 6.45) is 0. The summed E-state index contributed by atoms with van der Waals surface area (Å²) in [4.78, 5) is 22.4. The predicted molar refractivity (Wildman–Crippen MR) is 35.1 cm³/mol. The second-order valence-electron chi connectivity index (χ2n) is 1.88. The summed E-state index contributed by atoms with van der Waals surface area (Å²) >= 11 is 0. The van der Waals surface area contributed by atoms with Gasteiger partial charge in [0.2, 0.25) is 0 Å². The van der Waals surface area contributed by atoms with E-state index in [0.29, 0.717) is 0 Å². The molecule has 84 valence electrons. The Morgan fingerprint density at radius 2 is 0.941 bits per heavy atom. The molecule has 1 aliphatic rings. The maximum atomic E-state index is 8.32. The van der Waals surface area contributed by atoms with Crippen molar-refractivity contribution in [1.82, 2.24) is 0 Å². The number of rotatable bonds is 0. The van der Waals surface area contributed by atoms with Crippen molar-refractivity contribution in [3.8, 4) is 0 Å². The summed E-state index contributed by atoms with van der Waals surface area (Å²) in [5.74, 6) is 0. The quantitative estimate of drug-likeness (QED) is 0.144. The standard InChI is InChI=1S/B2H4O8.K.NO3.2Na/c3-1(4)7-9-2(5,6)10-8-1;;2-1(3)4;;/h3-6H;;;;/q-2;+1;-1;2*+1. The summed E-state index contributed by atoms with van der Waals surface area (Å²) in [7, 11) is 0. The Bertz CT molecular complexity index is 180. The summed E-state index contributed by atoms with van der Waals surface area (Å²) in [6.45, 7) is -7.41. The summed E-state index contributed by atoms with van der Waals surface area (Å²) in [6, 6.07) is 0. The molecule has 1 fully saturated rings. The number of nitrogens with zero attached hydrogens (tertiary/aromatic N) is 1. The van der Waals surface area contributed by atoms with Gasteiger partial charge >= 0.3 is 124 Å². The van der Waals surface area contributed by atoms with E-state index in [9.17, 15) is 0 Å². The maximum Gasteiger partial charge on any atom is 1.00 e. The van der Waals surface area contributed by atoms with E-state index in [0.717, 1.165) is 0 Å². The van der Waals surface area contributed by atoms with E-state index in [1.54, 1.807) is 0 Å². The van der Waals surface area contributed by atoms with Crippen LogP contribution < -0.4 is 110 Å². The zero-order chi connectivity index (χ0) is 11.4. The van der Waals surface area contributed by atoms with Gasteiger partial charge in [-0.1, -0.05) is 0 Å². The molecule has 0 radical (unpaired) electrons. The van der Waals surface area contributed by atoms with Crippen molar-refractivity contribution in [2.24, 2.45) is 0 Å². The normalized spacial score (nSPS) is 19.1. The molecule has 0 aromatic carbocycles. The SMILES string of the molecule is O=[N+]([O-])[O-].O[B-]1(O)OO[B-](O)(O)OO1.[K+].[Na+].[Na+]. The van der Waals surface area contributed by atoms with Gasteiger partial charge in [-0.15, -0.1) is 0 Å². The van der Waals surface area contributed by atoms with Gasteiger partial charge in [0.25, 0.3) is 0 Å². The molecule has 0 saturated carbocycles. The molecular weight excluding hydrogens is 297 g/mol. The molecule has 1 heterocycles. The van der Waals surface area contributed by atoms with Crippen LogP contribution in [0.1, 0.15) is 0 Å². The van der Waals surface area contributed by atoms with Gasteiger partial charge in [0.05, 0.1) is 5.09 Å². The van der Waals surface area contributed by atoms with Crippen LogP contribution >= 0.6 is 0 Å². The van der Waals surface area contributed by atoms with E-state index >= 15 is 0 Å². The molecule has 1 saturated heterocycles. The molecule has 0 amide bonds. The minimum atomic E-state index is -3.71. The number of hydrogen-bond acceptors (Lipinski definition) is 11. The van der Waals surface area contributed by atoms with Crippen LogP contribution in [0.4, 0.5) is 0 Å². The molecule has 1 rings (SSSR count). The van der Waals surface area contributed by atoms with E-state index in [1.807, 2.05) is 0 Å². The number of hydrogen-bond donors (Lipinski definition) is 4. The van der Waals surface area contributed by atoms with Gasteiger partial charge in [-0.2, -0.15) is 0 Å². The fraction of sp³-hybridized carbons (Fsp3) is 0. The molecule has 0 unspecified atom stereocenters. The first-order chi connectivity index (χ1) is 6.15. The van der Waals surface area contributed by atoms with Crippen LogP contribution in [0.25, 0.3) is 0 Å². The first-order valence-corrected chi connectivity index (χ1v) is 2.86. The fourth-order valence-corrected chi connectivity index (χ4v) is 0.322. The average molecular weight is 301 g/mol. The zero-order valence-electron chi connectivity index (χ0n) is 9.25. The molecule has 0 aliphatic carbocycles. The molecule has 17 heavy (non-hydrogen) atoms. The van der Waals surface area contributed by atoms with E-state index < -0.39 is 19.0 Å². The second-order valence-corrected chi connectivity index (χ2v) is 1.88. The van der Waals surface area contributed by atoms with Gasteiger partial charge in [0.1, 0.15) is 0 Å². The molecular formula is H4B2KNNa2O11. The molecule has 0 aromatic heterocycles. The largest absolute Gasteiger partial charge is 1.00 e. The fourth-order valence-electron chi connectivity index (χ4n) is 0.322. The molecule has 0 bridgehead atoms. The van der Waals surface area contributed by atoms with Crippen LogP contribution in [0.2, 0.25) is 0 Å². The summed E-state index contributed by atoms with van der Waals surface area (Å²) < 4.78 is 0. The molecule has 17 heteroatoms. The van der Waals surface area contributed by atoms with Gasteiger partial charge in [-0.25, -0.2) is 0 Å². The summed E-state index contributed by atoms with van der Waals surface area (Å²) in [5, 5.41) is 48.0. The molecule has 12 nitrogen and oxygen atoms in total. The Hall–Kier alpha value is 2.65. The molecule has 0 atom stereocenters. The molecule has 1 aliphatic heterocycles. The second kappa shape index (κ2) is 12.4. The first kappa shape index (κ1) is 27.9. The van der Waals surface area contributed by atoms with Crippen LogP contribution in [0.5, 0.6) is 0 Å². The third-order valence-electron chi connectivity index (χ3n) is 0.613. The topological polar surface area (TPSA) is 184 Å². The van der Waals surface area contributed by atoms with Crippen LogP contribution in [0.3, 0.4) is 0 Å². The smallest absolute Gasteiger partial charge is 0.531 e. The van der Waals surface area contributed by atoms with Gasteiger partial charge < -0.3 is 54.6 Å². The third kappa shape index (κ3) is 18.6. The van der Waals surface area contributed by atoms with Crippen molar-refractivity contribution in [2.45, 2.75) is 0 Å². The molecule has 0 spiro atoms. The Morgan fingerprint density at radius 3 is 1.06 bits per heavy atom. The molecule has 4 N–H and O–H groups in total. The summed E-state index contributed by atoms with van der Waals surface area (Å²) in [5.41, 5.74) is 0. The predicted octanol–water partition coefficient (Wildman–Crippen LogP) is -12.5. The van der Waals surface area contributed by atoms with Crippen LogP contribution in [0.15, 0.2) is 0 Å². The van der Waals surface area contributed by atoms with Crippen LogP contribution in [0, 0.1) is 15.3 Å². The van der Waals surface area contributed by atoms with Crippen molar-refractivity contribution in [3.63, 3.8) is 0 Å². The van der Waals surface area contributed by atoms with Crippen LogP contribution in [-0.2, 0) is 19.2 Å². The van der Waals surface area contributed by atoms with E-state index in [1.165, 1.54) is 0 Å². The van der Waals surface area contributed by atoms with Gasteiger partial charge in [-0.3, -0.25) is 0 Å². The van der Waals surface area contributed by atoms with Crippen molar-refractivity contribution in [2.75, 3.05) is 0 Å². The van der Waals surface area contributed by atoms with Crippen molar-refractivity contribution in [1.29, 1.82) is 0 Å². The first-order valence-electron chi connectivity index (χ1n) is 2.86. The van der Waals surface area contributed by atoms with Crippen molar-refractivity contribution in [3.05, 3.63) is 15.3 Å².